The first kappa shape index (κ1) is 28.8. The molecule has 0 bridgehead atoms. The first-order chi connectivity index (χ1) is 22.2. The maximum atomic E-state index is 12.8. The second-order valence-corrected chi connectivity index (χ2v) is 11.9. The summed E-state index contributed by atoms with van der Waals surface area (Å²) in [7, 11) is -2.69. The van der Waals surface area contributed by atoms with Gasteiger partial charge in [0, 0.05) is 29.5 Å². The monoisotopic (exact) mass is 630 g/mol. The number of aromatic nitrogens is 4. The molecule has 0 atom stereocenters. The Hall–Kier alpha value is -5.98. The molecule has 0 saturated carbocycles. The lowest BCUT2D eigenvalue weighted by atomic mass is 10.2. The number of amides is 1. The fourth-order valence-electron chi connectivity index (χ4n) is 5.09. The molecule has 0 aliphatic rings. The van der Waals surface area contributed by atoms with Crippen molar-refractivity contribution in [2.24, 2.45) is 0 Å². The van der Waals surface area contributed by atoms with E-state index in [-0.39, 0.29) is 5.56 Å². The maximum Gasteiger partial charge on any atom is 0.295 e. The summed E-state index contributed by atoms with van der Waals surface area (Å²) in [6, 6.07) is 31.8. The van der Waals surface area contributed by atoms with Gasteiger partial charge >= 0.3 is 0 Å². The molecule has 2 aromatic heterocycles. The summed E-state index contributed by atoms with van der Waals surface area (Å²) in [4.78, 5) is 28.3. The summed E-state index contributed by atoms with van der Waals surface area (Å²) in [5.41, 5.74) is 6.23. The summed E-state index contributed by atoms with van der Waals surface area (Å²) in [6.07, 6.45) is 0. The van der Waals surface area contributed by atoms with Crippen molar-refractivity contribution in [3.8, 4) is 34.3 Å². The summed E-state index contributed by atoms with van der Waals surface area (Å²) in [5.74, 6) is 2.07. The number of rotatable bonds is 8. The molecule has 7 aromatic rings. The highest BCUT2D eigenvalue weighted by atomic mass is 32.2. The normalized spacial score (nSPS) is 11.5. The number of hydrogen-bond acceptors (Lipinski definition) is 7. The zero-order valence-corrected chi connectivity index (χ0v) is 25.1. The number of carbonyl (C=O) groups excluding carboxylic acids is 1. The SMILES string of the molecule is CNc1ccc2[nH]c(-c3ccc(Oc4ccc(-c5nc6cc(NC(=O)c7ccccc7S(=O)(=O)O)ccc6[nH]5)cc4)cc3)nc2c1. The van der Waals surface area contributed by atoms with E-state index in [4.69, 9.17) is 9.72 Å². The van der Waals surface area contributed by atoms with Crippen LogP contribution < -0.4 is 15.4 Å². The van der Waals surface area contributed by atoms with Crippen LogP contribution in [0.5, 0.6) is 11.5 Å². The number of fused-ring (bicyclic) bond motifs is 2. The molecule has 46 heavy (non-hydrogen) atoms. The van der Waals surface area contributed by atoms with Gasteiger partial charge in [-0.3, -0.25) is 9.35 Å². The van der Waals surface area contributed by atoms with E-state index in [0.717, 1.165) is 39.2 Å². The number of H-pyrrole nitrogens is 2. The van der Waals surface area contributed by atoms with Crippen LogP contribution >= 0.6 is 0 Å². The highest BCUT2D eigenvalue weighted by Gasteiger charge is 2.20. The number of imidazole rings is 2. The van der Waals surface area contributed by atoms with Crippen LogP contribution in [0.3, 0.4) is 0 Å². The van der Waals surface area contributed by atoms with Crippen molar-refractivity contribution in [2.75, 3.05) is 17.7 Å². The van der Waals surface area contributed by atoms with Gasteiger partial charge in [-0.2, -0.15) is 8.42 Å². The molecule has 7 rings (SSSR count). The quantitative estimate of drug-likeness (QED) is 0.111. The zero-order chi connectivity index (χ0) is 31.8. The lowest BCUT2D eigenvalue weighted by Gasteiger charge is -2.08. The van der Waals surface area contributed by atoms with E-state index in [1.807, 2.05) is 73.8 Å². The Morgan fingerprint density at radius 1 is 0.717 bits per heavy atom. The fourth-order valence-corrected chi connectivity index (χ4v) is 5.78. The molecular formula is C34H26N6O5S. The number of benzene rings is 5. The molecule has 5 N–H and O–H groups in total. The third kappa shape index (κ3) is 5.77. The van der Waals surface area contributed by atoms with Crippen molar-refractivity contribution in [3.63, 3.8) is 0 Å². The van der Waals surface area contributed by atoms with Crippen molar-refractivity contribution in [3.05, 3.63) is 115 Å². The third-order valence-corrected chi connectivity index (χ3v) is 8.33. The topological polar surface area (TPSA) is 162 Å². The van der Waals surface area contributed by atoms with Gasteiger partial charge in [-0.05, 0) is 97.1 Å². The van der Waals surface area contributed by atoms with E-state index in [9.17, 15) is 17.8 Å². The van der Waals surface area contributed by atoms with Crippen LogP contribution in [0.25, 0.3) is 44.8 Å². The van der Waals surface area contributed by atoms with E-state index in [1.165, 1.54) is 24.3 Å². The van der Waals surface area contributed by atoms with Crippen molar-refractivity contribution >= 4 is 49.5 Å². The Morgan fingerprint density at radius 3 is 1.78 bits per heavy atom. The van der Waals surface area contributed by atoms with Crippen molar-refractivity contribution in [2.45, 2.75) is 4.90 Å². The lowest BCUT2D eigenvalue weighted by Crippen LogP contribution is -2.16. The molecule has 0 fully saturated rings. The van der Waals surface area contributed by atoms with Gasteiger partial charge in [0.2, 0.25) is 0 Å². The minimum atomic E-state index is -4.56. The largest absolute Gasteiger partial charge is 0.457 e. The van der Waals surface area contributed by atoms with Gasteiger partial charge in [-0.1, -0.05) is 12.1 Å². The molecule has 0 radical (unpaired) electrons. The Bertz CT molecular complexity index is 2350. The molecule has 1 amide bonds. The minimum absolute atomic E-state index is 0.166. The molecule has 0 unspecified atom stereocenters. The Balaban J connectivity index is 1.04. The van der Waals surface area contributed by atoms with Crippen LogP contribution in [0.1, 0.15) is 10.4 Å². The Morgan fingerprint density at radius 2 is 1.24 bits per heavy atom. The van der Waals surface area contributed by atoms with Gasteiger partial charge in [-0.25, -0.2) is 9.97 Å². The second-order valence-electron chi connectivity index (χ2n) is 10.5. The highest BCUT2D eigenvalue weighted by Crippen LogP contribution is 2.29. The first-order valence-corrected chi connectivity index (χ1v) is 15.6. The smallest absolute Gasteiger partial charge is 0.295 e. The van der Waals surface area contributed by atoms with Crippen LogP contribution in [-0.4, -0.2) is 45.9 Å². The van der Waals surface area contributed by atoms with Crippen LogP contribution in [0.2, 0.25) is 0 Å². The van der Waals surface area contributed by atoms with Gasteiger partial charge < -0.3 is 25.3 Å². The van der Waals surface area contributed by atoms with Gasteiger partial charge in [0.05, 0.1) is 27.6 Å². The number of carbonyl (C=O) groups is 1. The van der Waals surface area contributed by atoms with Crippen LogP contribution in [0, 0.1) is 0 Å². The van der Waals surface area contributed by atoms with E-state index >= 15 is 0 Å². The molecule has 12 heteroatoms. The molecule has 2 heterocycles. The molecule has 0 aliphatic carbocycles. The van der Waals surface area contributed by atoms with Crippen molar-refractivity contribution < 1.29 is 22.5 Å². The third-order valence-electron chi connectivity index (χ3n) is 7.41. The van der Waals surface area contributed by atoms with Crippen molar-refractivity contribution in [1.29, 1.82) is 0 Å². The van der Waals surface area contributed by atoms with Crippen LogP contribution in [0.15, 0.2) is 114 Å². The summed E-state index contributed by atoms with van der Waals surface area (Å²) in [6.45, 7) is 0. The average Bonchev–Trinajstić information content (AvgIpc) is 3.69. The fraction of sp³-hybridized carbons (Fsp3) is 0.0294. The number of anilines is 2. The maximum absolute atomic E-state index is 12.8. The average molecular weight is 631 g/mol. The number of hydrogen-bond donors (Lipinski definition) is 5. The summed E-state index contributed by atoms with van der Waals surface area (Å²) in [5, 5.41) is 5.80. The van der Waals surface area contributed by atoms with E-state index in [0.29, 0.717) is 28.5 Å². The first-order valence-electron chi connectivity index (χ1n) is 14.2. The van der Waals surface area contributed by atoms with E-state index < -0.39 is 20.9 Å². The molecule has 11 nitrogen and oxygen atoms in total. The van der Waals surface area contributed by atoms with Crippen LogP contribution in [-0.2, 0) is 10.1 Å². The van der Waals surface area contributed by atoms with E-state index in [2.05, 4.69) is 25.6 Å². The van der Waals surface area contributed by atoms with Gasteiger partial charge in [-0.15, -0.1) is 0 Å². The molecule has 5 aromatic carbocycles. The van der Waals surface area contributed by atoms with Gasteiger partial charge in [0.15, 0.2) is 0 Å². The standard InChI is InChI=1S/C34H26N6O5S/c1-35-22-10-16-27-29(18-22)39-32(37-27)20-6-12-24(13-7-20)45-25-14-8-21(9-15-25)33-38-28-17-11-23(19-30(28)40-33)36-34(41)26-4-2-3-5-31(26)46(42,43)44/h2-19,35H,1H3,(H,36,41)(H,37,39)(H,38,40)(H,42,43,44). The summed E-state index contributed by atoms with van der Waals surface area (Å²) < 4.78 is 38.9. The Kier molecular flexibility index (Phi) is 7.20. The number of aromatic amines is 2. The predicted octanol–water partition coefficient (Wildman–Crippen LogP) is 7.11. The van der Waals surface area contributed by atoms with Gasteiger partial charge in [0.1, 0.15) is 28.0 Å². The van der Waals surface area contributed by atoms with Crippen molar-refractivity contribution in [1.82, 2.24) is 19.9 Å². The number of nitrogens with zero attached hydrogens (tertiary/aromatic N) is 2. The number of ether oxygens (including phenoxy) is 1. The predicted molar refractivity (Wildman–Crippen MR) is 177 cm³/mol. The minimum Gasteiger partial charge on any atom is -0.457 e. The molecule has 0 saturated heterocycles. The highest BCUT2D eigenvalue weighted by molar-refractivity contribution is 7.86. The molecule has 0 aliphatic heterocycles. The molecule has 0 spiro atoms. The molecule has 228 valence electrons. The van der Waals surface area contributed by atoms with Gasteiger partial charge in [0.25, 0.3) is 16.0 Å². The van der Waals surface area contributed by atoms with Crippen LogP contribution in [0.4, 0.5) is 11.4 Å². The lowest BCUT2D eigenvalue weighted by molar-refractivity contribution is 0.102. The number of nitrogens with one attached hydrogen (secondary N) is 4. The van der Waals surface area contributed by atoms with E-state index in [1.54, 1.807) is 18.2 Å². The molecular weight excluding hydrogens is 604 g/mol. The Labute approximate surface area is 263 Å². The summed E-state index contributed by atoms with van der Waals surface area (Å²) >= 11 is 0. The zero-order valence-electron chi connectivity index (χ0n) is 24.3. The second kappa shape index (κ2) is 11.5.